The summed E-state index contributed by atoms with van der Waals surface area (Å²) >= 11 is 0. The molecule has 1 rings (SSSR count). The summed E-state index contributed by atoms with van der Waals surface area (Å²) in [6.07, 6.45) is 6.87. The average Bonchev–Trinajstić information content (AvgIpc) is 2.38. The molecule has 1 N–H and O–H groups in total. The van der Waals surface area contributed by atoms with Gasteiger partial charge in [-0.15, -0.1) is 12.3 Å². The number of nitrogens with one attached hydrogen (secondary N) is 1. The summed E-state index contributed by atoms with van der Waals surface area (Å²) in [6.45, 7) is 11.7. The molecule has 0 saturated carbocycles. The lowest BCUT2D eigenvalue weighted by Crippen LogP contribution is -2.19. The molecule has 4 heteroatoms. The highest BCUT2D eigenvalue weighted by molar-refractivity contribution is 5.49. The van der Waals surface area contributed by atoms with E-state index < -0.39 is 0 Å². The summed E-state index contributed by atoms with van der Waals surface area (Å²) in [5.74, 6) is 4.82. The van der Waals surface area contributed by atoms with Crippen molar-refractivity contribution in [1.29, 1.82) is 0 Å². The van der Waals surface area contributed by atoms with Crippen molar-refractivity contribution in [2.45, 2.75) is 52.9 Å². The van der Waals surface area contributed by atoms with Crippen LogP contribution < -0.4 is 10.1 Å². The Hall–Kier alpha value is -1.76. The molecule has 0 radical (unpaired) electrons. The van der Waals surface area contributed by atoms with E-state index in [1.807, 2.05) is 6.92 Å². The molecule has 0 spiro atoms. The van der Waals surface area contributed by atoms with Gasteiger partial charge in [0.25, 0.3) is 0 Å². The molecule has 20 heavy (non-hydrogen) atoms. The molecule has 0 saturated heterocycles. The molecule has 0 aliphatic carbocycles. The second kappa shape index (κ2) is 7.14. The van der Waals surface area contributed by atoms with Crippen molar-refractivity contribution in [2.24, 2.45) is 0 Å². The average molecular weight is 275 g/mol. The maximum Gasteiger partial charge on any atom is 0.221 e. The van der Waals surface area contributed by atoms with Crippen molar-refractivity contribution in [2.75, 3.05) is 18.5 Å². The van der Waals surface area contributed by atoms with E-state index in [0.717, 1.165) is 30.2 Å². The van der Waals surface area contributed by atoms with Crippen molar-refractivity contribution in [3.05, 3.63) is 11.4 Å². The quantitative estimate of drug-likeness (QED) is 0.639. The minimum Gasteiger partial charge on any atom is -0.476 e. The Morgan fingerprint density at radius 1 is 1.30 bits per heavy atom. The zero-order valence-electron chi connectivity index (χ0n) is 13.2. The number of aromatic nitrogens is 2. The van der Waals surface area contributed by atoms with E-state index in [-0.39, 0.29) is 5.41 Å². The largest absolute Gasteiger partial charge is 0.476 e. The highest BCUT2D eigenvalue weighted by Gasteiger charge is 2.21. The minimum absolute atomic E-state index is 0.124. The maximum absolute atomic E-state index is 5.70. The Morgan fingerprint density at radius 3 is 2.55 bits per heavy atom. The van der Waals surface area contributed by atoms with E-state index in [1.165, 1.54) is 0 Å². The van der Waals surface area contributed by atoms with E-state index in [9.17, 15) is 0 Å². The SMILES string of the molecule is C#CCCOc1nc(C(C)(C)C)nc(NCCC)c1C. The van der Waals surface area contributed by atoms with Crippen LogP contribution in [-0.4, -0.2) is 23.1 Å². The highest BCUT2D eigenvalue weighted by atomic mass is 16.5. The summed E-state index contributed by atoms with van der Waals surface area (Å²) in [5, 5.41) is 3.33. The smallest absolute Gasteiger partial charge is 0.221 e. The van der Waals surface area contributed by atoms with Crippen LogP contribution in [0.4, 0.5) is 5.82 Å². The van der Waals surface area contributed by atoms with Crippen molar-refractivity contribution in [3.8, 4) is 18.2 Å². The third kappa shape index (κ3) is 4.41. The van der Waals surface area contributed by atoms with Crippen LogP contribution in [0.1, 0.15) is 51.9 Å². The number of anilines is 1. The first kappa shape index (κ1) is 16.3. The topological polar surface area (TPSA) is 47.0 Å². The van der Waals surface area contributed by atoms with Gasteiger partial charge in [-0.3, -0.25) is 0 Å². The van der Waals surface area contributed by atoms with Gasteiger partial charge in [0.2, 0.25) is 5.88 Å². The van der Waals surface area contributed by atoms with Crippen LogP contribution in [-0.2, 0) is 5.41 Å². The lowest BCUT2D eigenvalue weighted by Gasteiger charge is -2.20. The van der Waals surface area contributed by atoms with Crippen molar-refractivity contribution >= 4 is 5.82 Å². The van der Waals surface area contributed by atoms with Gasteiger partial charge in [-0.05, 0) is 13.3 Å². The van der Waals surface area contributed by atoms with Gasteiger partial charge < -0.3 is 10.1 Å². The maximum atomic E-state index is 5.70. The van der Waals surface area contributed by atoms with Crippen LogP contribution >= 0.6 is 0 Å². The summed E-state index contributed by atoms with van der Waals surface area (Å²) in [7, 11) is 0. The van der Waals surface area contributed by atoms with Gasteiger partial charge in [-0.1, -0.05) is 27.7 Å². The summed E-state index contributed by atoms with van der Waals surface area (Å²) in [5.41, 5.74) is 0.809. The molecule has 0 atom stereocenters. The summed E-state index contributed by atoms with van der Waals surface area (Å²) in [6, 6.07) is 0. The molecule has 0 aliphatic heterocycles. The molecule has 0 bridgehead atoms. The van der Waals surface area contributed by atoms with Crippen molar-refractivity contribution < 1.29 is 4.74 Å². The first-order valence-corrected chi connectivity index (χ1v) is 7.09. The third-order valence-electron chi connectivity index (χ3n) is 2.80. The van der Waals surface area contributed by atoms with Crippen LogP contribution in [0.2, 0.25) is 0 Å². The zero-order valence-corrected chi connectivity index (χ0v) is 13.2. The molecular formula is C16H25N3O. The van der Waals surface area contributed by atoms with Crippen molar-refractivity contribution in [3.63, 3.8) is 0 Å². The minimum atomic E-state index is -0.124. The first-order chi connectivity index (χ1) is 9.40. The monoisotopic (exact) mass is 275 g/mol. The zero-order chi connectivity index (χ0) is 15.2. The van der Waals surface area contributed by atoms with Gasteiger partial charge in [0.15, 0.2) is 0 Å². The Kier molecular flexibility index (Phi) is 5.82. The number of hydrogen-bond donors (Lipinski definition) is 1. The van der Waals surface area contributed by atoms with Gasteiger partial charge in [-0.2, -0.15) is 4.98 Å². The normalized spacial score (nSPS) is 11.0. The molecule has 0 aliphatic rings. The van der Waals surface area contributed by atoms with E-state index >= 15 is 0 Å². The van der Waals surface area contributed by atoms with Crippen molar-refractivity contribution in [1.82, 2.24) is 9.97 Å². The molecule has 0 unspecified atom stereocenters. The van der Waals surface area contributed by atoms with Crippen LogP contribution in [0.3, 0.4) is 0 Å². The molecule has 1 aromatic heterocycles. The molecule has 1 heterocycles. The fourth-order valence-electron chi connectivity index (χ4n) is 1.59. The Balaban J connectivity index is 3.10. The molecule has 0 aromatic carbocycles. The molecule has 0 amide bonds. The Bertz CT molecular complexity index is 484. The number of ether oxygens (including phenoxy) is 1. The van der Waals surface area contributed by atoms with Crippen LogP contribution in [0.25, 0.3) is 0 Å². The summed E-state index contributed by atoms with van der Waals surface area (Å²) < 4.78 is 5.70. The van der Waals surface area contributed by atoms with Gasteiger partial charge in [0.05, 0.1) is 5.56 Å². The van der Waals surface area contributed by atoms with Gasteiger partial charge in [0, 0.05) is 18.4 Å². The summed E-state index contributed by atoms with van der Waals surface area (Å²) in [4.78, 5) is 9.17. The Labute approximate surface area is 122 Å². The third-order valence-corrected chi connectivity index (χ3v) is 2.80. The number of nitrogens with zero attached hydrogens (tertiary/aromatic N) is 2. The van der Waals surface area contributed by atoms with E-state index in [0.29, 0.717) is 18.9 Å². The standard InChI is InChI=1S/C16H25N3O/c1-7-9-11-20-14-12(3)13(17-10-8-2)18-15(19-14)16(4,5)6/h1H,8-11H2,2-6H3,(H,17,18,19). The van der Waals surface area contributed by atoms with E-state index in [2.05, 4.69) is 48.9 Å². The van der Waals surface area contributed by atoms with Gasteiger partial charge >= 0.3 is 0 Å². The first-order valence-electron chi connectivity index (χ1n) is 7.09. The van der Waals surface area contributed by atoms with E-state index in [4.69, 9.17) is 11.2 Å². The molecular weight excluding hydrogens is 250 g/mol. The predicted octanol–water partition coefficient (Wildman–Crippen LogP) is 3.31. The molecule has 110 valence electrons. The second-order valence-corrected chi connectivity index (χ2v) is 5.81. The predicted molar refractivity (Wildman–Crippen MR) is 83.2 cm³/mol. The number of rotatable bonds is 6. The molecule has 4 nitrogen and oxygen atoms in total. The number of terminal acetylenes is 1. The second-order valence-electron chi connectivity index (χ2n) is 5.81. The fraction of sp³-hybridized carbons (Fsp3) is 0.625. The van der Waals surface area contributed by atoms with Crippen LogP contribution in [0, 0.1) is 19.3 Å². The van der Waals surface area contributed by atoms with Gasteiger partial charge in [0.1, 0.15) is 18.2 Å². The molecule has 1 aromatic rings. The number of hydrogen-bond acceptors (Lipinski definition) is 4. The van der Waals surface area contributed by atoms with Gasteiger partial charge in [-0.25, -0.2) is 4.98 Å². The molecule has 0 fully saturated rings. The van der Waals surface area contributed by atoms with Crippen LogP contribution in [0.15, 0.2) is 0 Å². The lowest BCUT2D eigenvalue weighted by molar-refractivity contribution is 0.308. The lowest BCUT2D eigenvalue weighted by atomic mass is 9.95. The van der Waals surface area contributed by atoms with Crippen LogP contribution in [0.5, 0.6) is 5.88 Å². The Morgan fingerprint density at radius 2 is 2.00 bits per heavy atom. The van der Waals surface area contributed by atoms with E-state index in [1.54, 1.807) is 0 Å². The highest BCUT2D eigenvalue weighted by Crippen LogP contribution is 2.27. The fourth-order valence-corrected chi connectivity index (χ4v) is 1.59.